The van der Waals surface area contributed by atoms with Gasteiger partial charge in [0.25, 0.3) is 0 Å². The number of benzene rings is 1. The molecule has 0 aromatic heterocycles. The number of rotatable bonds is 2. The third kappa shape index (κ3) is 3.78. The number of hydrogen-bond acceptors (Lipinski definition) is 1. The van der Waals surface area contributed by atoms with Gasteiger partial charge in [-0.1, -0.05) is 11.6 Å². The molecule has 0 aliphatic rings. The van der Waals surface area contributed by atoms with Crippen molar-refractivity contribution < 1.29 is 18.0 Å². The van der Waals surface area contributed by atoms with E-state index in [4.69, 9.17) is 23.2 Å². The van der Waals surface area contributed by atoms with Crippen LogP contribution in [0.1, 0.15) is 12.5 Å². The Balaban J connectivity index is 3.01. The molecule has 0 fully saturated rings. The number of carbonyl (C=O) groups excluding carboxylic acids is 1. The SMILES string of the molecule is C[C@H](Cl)C(=O)Nc1ccc(Cl)c(C(F)(F)F)c1. The zero-order valence-electron chi connectivity index (χ0n) is 8.61. The van der Waals surface area contributed by atoms with Crippen molar-refractivity contribution in [2.45, 2.75) is 18.5 Å². The second-order valence-electron chi connectivity index (χ2n) is 3.30. The molecule has 1 atom stereocenters. The van der Waals surface area contributed by atoms with Crippen LogP contribution in [0.3, 0.4) is 0 Å². The number of alkyl halides is 4. The van der Waals surface area contributed by atoms with Crippen molar-refractivity contribution in [3.8, 4) is 0 Å². The monoisotopic (exact) mass is 285 g/mol. The molecule has 0 heterocycles. The van der Waals surface area contributed by atoms with Gasteiger partial charge in [0.1, 0.15) is 5.38 Å². The normalized spacial score (nSPS) is 13.3. The molecule has 1 rings (SSSR count). The van der Waals surface area contributed by atoms with Crippen LogP contribution in [0.2, 0.25) is 5.02 Å². The van der Waals surface area contributed by atoms with E-state index in [0.29, 0.717) is 0 Å². The van der Waals surface area contributed by atoms with Crippen LogP contribution in [0, 0.1) is 0 Å². The van der Waals surface area contributed by atoms with Crippen molar-refractivity contribution in [3.63, 3.8) is 0 Å². The summed E-state index contributed by atoms with van der Waals surface area (Å²) in [6.45, 7) is 1.41. The van der Waals surface area contributed by atoms with E-state index < -0.39 is 28.0 Å². The largest absolute Gasteiger partial charge is 0.417 e. The third-order valence-corrected chi connectivity index (χ3v) is 2.43. The second-order valence-corrected chi connectivity index (χ2v) is 4.36. The molecule has 0 saturated carbocycles. The number of halogens is 5. The lowest BCUT2D eigenvalue weighted by atomic mass is 10.2. The van der Waals surface area contributed by atoms with Crippen molar-refractivity contribution in [2.75, 3.05) is 5.32 Å². The molecule has 17 heavy (non-hydrogen) atoms. The third-order valence-electron chi connectivity index (χ3n) is 1.90. The summed E-state index contributed by atoms with van der Waals surface area (Å²) in [5, 5.41) is 0.996. The first-order valence-corrected chi connectivity index (χ1v) is 5.35. The van der Waals surface area contributed by atoms with Gasteiger partial charge in [-0.3, -0.25) is 4.79 Å². The summed E-state index contributed by atoms with van der Waals surface area (Å²) in [5.41, 5.74) is -1.00. The number of carbonyl (C=O) groups is 1. The van der Waals surface area contributed by atoms with E-state index in [0.717, 1.165) is 12.1 Å². The standard InChI is InChI=1S/C10H8Cl2F3NO/c1-5(11)9(17)16-6-2-3-8(12)7(4-6)10(13,14)15/h2-5H,1H3,(H,16,17)/t5-/m0/s1. The molecular formula is C10H8Cl2F3NO. The van der Waals surface area contributed by atoms with Gasteiger partial charge in [0.05, 0.1) is 10.6 Å². The highest BCUT2D eigenvalue weighted by Crippen LogP contribution is 2.36. The quantitative estimate of drug-likeness (QED) is 0.820. The second kappa shape index (κ2) is 5.14. The van der Waals surface area contributed by atoms with Gasteiger partial charge in [-0.25, -0.2) is 0 Å². The maximum absolute atomic E-state index is 12.5. The fraction of sp³-hybridized carbons (Fsp3) is 0.300. The zero-order valence-corrected chi connectivity index (χ0v) is 10.1. The van der Waals surface area contributed by atoms with Crippen LogP contribution >= 0.6 is 23.2 Å². The van der Waals surface area contributed by atoms with Gasteiger partial charge in [-0.15, -0.1) is 11.6 Å². The highest BCUT2D eigenvalue weighted by Gasteiger charge is 2.33. The highest BCUT2D eigenvalue weighted by molar-refractivity contribution is 6.32. The number of nitrogens with one attached hydrogen (secondary N) is 1. The van der Waals surface area contributed by atoms with Crippen molar-refractivity contribution in [2.24, 2.45) is 0 Å². The number of anilines is 1. The summed E-state index contributed by atoms with van der Waals surface area (Å²) in [7, 11) is 0. The van der Waals surface area contributed by atoms with Crippen LogP contribution in [0.4, 0.5) is 18.9 Å². The van der Waals surface area contributed by atoms with Gasteiger partial charge >= 0.3 is 6.18 Å². The fourth-order valence-corrected chi connectivity index (χ4v) is 1.34. The Labute approximate surface area is 106 Å². The van der Waals surface area contributed by atoms with Crippen molar-refractivity contribution >= 4 is 34.8 Å². The molecule has 7 heteroatoms. The van der Waals surface area contributed by atoms with Crippen molar-refractivity contribution in [1.82, 2.24) is 0 Å². The highest BCUT2D eigenvalue weighted by atomic mass is 35.5. The first-order chi connectivity index (χ1) is 7.71. The predicted octanol–water partition coefficient (Wildman–Crippen LogP) is 3.92. The summed E-state index contributed by atoms with van der Waals surface area (Å²) >= 11 is 10.9. The summed E-state index contributed by atoms with van der Waals surface area (Å²) in [6.07, 6.45) is -4.57. The Hall–Kier alpha value is -0.940. The summed E-state index contributed by atoms with van der Waals surface area (Å²) in [4.78, 5) is 11.2. The molecule has 0 unspecified atom stereocenters. The van der Waals surface area contributed by atoms with E-state index in [9.17, 15) is 18.0 Å². The number of hydrogen-bond donors (Lipinski definition) is 1. The molecule has 2 nitrogen and oxygen atoms in total. The average Bonchev–Trinajstić information content (AvgIpc) is 2.19. The molecule has 0 saturated heterocycles. The lowest BCUT2D eigenvalue weighted by molar-refractivity contribution is -0.137. The fourth-order valence-electron chi connectivity index (χ4n) is 1.06. The van der Waals surface area contributed by atoms with Crippen LogP contribution in [-0.2, 0) is 11.0 Å². The first kappa shape index (κ1) is 14.1. The molecule has 94 valence electrons. The molecule has 1 aromatic carbocycles. The molecule has 0 aliphatic heterocycles. The molecule has 0 spiro atoms. The summed E-state index contributed by atoms with van der Waals surface area (Å²) < 4.78 is 37.5. The minimum absolute atomic E-state index is 0.000718. The maximum Gasteiger partial charge on any atom is 0.417 e. The van der Waals surface area contributed by atoms with E-state index >= 15 is 0 Å². The molecule has 1 N–H and O–H groups in total. The Morgan fingerprint density at radius 1 is 1.41 bits per heavy atom. The summed E-state index contributed by atoms with van der Waals surface area (Å²) in [5.74, 6) is -0.581. The lowest BCUT2D eigenvalue weighted by Gasteiger charge is -2.12. The molecular weight excluding hydrogens is 278 g/mol. The Morgan fingerprint density at radius 3 is 2.47 bits per heavy atom. The number of amides is 1. The van der Waals surface area contributed by atoms with Gasteiger partial charge in [0.15, 0.2) is 0 Å². The van der Waals surface area contributed by atoms with E-state index in [1.165, 1.54) is 13.0 Å². The minimum Gasteiger partial charge on any atom is -0.325 e. The first-order valence-electron chi connectivity index (χ1n) is 4.53. The molecule has 0 bridgehead atoms. The Morgan fingerprint density at radius 2 is 2.00 bits per heavy atom. The van der Waals surface area contributed by atoms with Crippen LogP contribution < -0.4 is 5.32 Å². The van der Waals surface area contributed by atoms with Gasteiger partial charge in [-0.2, -0.15) is 13.2 Å². The predicted molar refractivity (Wildman–Crippen MR) is 60.4 cm³/mol. The molecule has 0 aliphatic carbocycles. The van der Waals surface area contributed by atoms with Crippen molar-refractivity contribution in [1.29, 1.82) is 0 Å². The van der Waals surface area contributed by atoms with E-state index in [1.807, 2.05) is 0 Å². The molecule has 1 aromatic rings. The topological polar surface area (TPSA) is 29.1 Å². The maximum atomic E-state index is 12.5. The van der Waals surface area contributed by atoms with E-state index in [2.05, 4.69) is 5.32 Å². The Kier molecular flexibility index (Phi) is 4.27. The van der Waals surface area contributed by atoms with Gasteiger partial charge in [0.2, 0.25) is 5.91 Å². The lowest BCUT2D eigenvalue weighted by Crippen LogP contribution is -2.20. The minimum atomic E-state index is -4.57. The van der Waals surface area contributed by atoms with Crippen LogP contribution in [0.25, 0.3) is 0 Å². The van der Waals surface area contributed by atoms with E-state index in [-0.39, 0.29) is 5.69 Å². The molecule has 1 amide bonds. The van der Waals surface area contributed by atoms with Gasteiger partial charge in [0, 0.05) is 5.69 Å². The van der Waals surface area contributed by atoms with Crippen LogP contribution in [-0.4, -0.2) is 11.3 Å². The molecule has 0 radical (unpaired) electrons. The smallest absolute Gasteiger partial charge is 0.325 e. The Bertz CT molecular complexity index is 432. The van der Waals surface area contributed by atoms with Gasteiger partial charge in [-0.05, 0) is 25.1 Å². The summed E-state index contributed by atoms with van der Waals surface area (Å²) in [6, 6.07) is 3.10. The van der Waals surface area contributed by atoms with Gasteiger partial charge < -0.3 is 5.32 Å². The zero-order chi connectivity index (χ0) is 13.2. The average molecular weight is 286 g/mol. The van der Waals surface area contributed by atoms with E-state index in [1.54, 1.807) is 0 Å². The van der Waals surface area contributed by atoms with Crippen molar-refractivity contribution in [3.05, 3.63) is 28.8 Å². The van der Waals surface area contributed by atoms with Crippen LogP contribution in [0.5, 0.6) is 0 Å². The van der Waals surface area contributed by atoms with Crippen LogP contribution in [0.15, 0.2) is 18.2 Å².